The summed E-state index contributed by atoms with van der Waals surface area (Å²) in [6.07, 6.45) is 2.02. The summed E-state index contributed by atoms with van der Waals surface area (Å²) in [6.45, 7) is 5.22. The molecular weight excluding hydrogens is 236 g/mol. The molecule has 19 heavy (non-hydrogen) atoms. The quantitative estimate of drug-likeness (QED) is 0.884. The van der Waals surface area contributed by atoms with Gasteiger partial charge in [-0.2, -0.15) is 0 Å². The van der Waals surface area contributed by atoms with Gasteiger partial charge in [0, 0.05) is 14.1 Å². The molecule has 2 atom stereocenters. The van der Waals surface area contributed by atoms with Gasteiger partial charge in [0.05, 0.1) is 6.04 Å². The number of likely N-dealkylation sites (N-methyl/N-ethyl adjacent to an activating group) is 1. The van der Waals surface area contributed by atoms with E-state index in [4.69, 9.17) is 0 Å². The zero-order chi connectivity index (χ0) is 14.0. The average molecular weight is 260 g/mol. The molecule has 0 radical (unpaired) electrons. The molecule has 0 bridgehead atoms. The molecule has 3 heteroatoms. The molecule has 1 aliphatic heterocycles. The third kappa shape index (κ3) is 3.16. The lowest BCUT2D eigenvalue weighted by Crippen LogP contribution is -2.47. The third-order valence-electron chi connectivity index (χ3n) is 4.02. The van der Waals surface area contributed by atoms with Crippen molar-refractivity contribution < 1.29 is 4.79 Å². The molecule has 0 aliphatic carbocycles. The number of piperidine rings is 1. The zero-order valence-electron chi connectivity index (χ0n) is 12.4. The molecule has 2 unspecified atom stereocenters. The van der Waals surface area contributed by atoms with Crippen LogP contribution in [0.1, 0.15) is 35.4 Å². The second-order valence-corrected chi connectivity index (χ2v) is 5.82. The molecule has 1 heterocycles. The lowest BCUT2D eigenvalue weighted by molar-refractivity contribution is -0.131. The second-order valence-electron chi connectivity index (χ2n) is 5.82. The van der Waals surface area contributed by atoms with Gasteiger partial charge in [0.1, 0.15) is 0 Å². The normalized spacial score (nSPS) is 23.2. The molecule has 3 nitrogen and oxygen atoms in total. The van der Waals surface area contributed by atoms with Crippen molar-refractivity contribution >= 4 is 5.91 Å². The number of carbonyl (C=O) groups is 1. The van der Waals surface area contributed by atoms with Crippen LogP contribution in [0.25, 0.3) is 0 Å². The van der Waals surface area contributed by atoms with Crippen LogP contribution in [0.3, 0.4) is 0 Å². The van der Waals surface area contributed by atoms with Crippen LogP contribution >= 0.6 is 0 Å². The highest BCUT2D eigenvalue weighted by atomic mass is 16.2. The van der Waals surface area contributed by atoms with Crippen LogP contribution in [-0.2, 0) is 4.79 Å². The lowest BCUT2D eigenvalue weighted by Gasteiger charge is -2.32. The Bertz CT molecular complexity index is 468. The number of rotatable bonds is 2. The first kappa shape index (κ1) is 14.1. The van der Waals surface area contributed by atoms with Crippen molar-refractivity contribution in [3.8, 4) is 0 Å². The first-order valence-electron chi connectivity index (χ1n) is 7.00. The van der Waals surface area contributed by atoms with E-state index in [1.165, 1.54) is 16.7 Å². The maximum Gasteiger partial charge on any atom is 0.239 e. The van der Waals surface area contributed by atoms with Gasteiger partial charge in [0.15, 0.2) is 0 Å². The average Bonchev–Trinajstić information content (AvgIpc) is 2.40. The Labute approximate surface area is 116 Å². The van der Waals surface area contributed by atoms with E-state index >= 15 is 0 Å². The first-order chi connectivity index (χ1) is 8.99. The molecule has 0 aromatic heterocycles. The molecule has 1 saturated heterocycles. The van der Waals surface area contributed by atoms with Crippen molar-refractivity contribution in [2.75, 3.05) is 20.6 Å². The lowest BCUT2D eigenvalue weighted by atomic mass is 9.83. The molecule has 1 amide bonds. The van der Waals surface area contributed by atoms with E-state index in [1.54, 1.807) is 4.90 Å². The molecule has 1 aliphatic rings. The van der Waals surface area contributed by atoms with Gasteiger partial charge in [-0.05, 0) is 50.3 Å². The summed E-state index contributed by atoms with van der Waals surface area (Å²) in [5.41, 5.74) is 4.06. The van der Waals surface area contributed by atoms with Crippen LogP contribution in [0, 0.1) is 13.8 Å². The van der Waals surface area contributed by atoms with Gasteiger partial charge >= 0.3 is 0 Å². The van der Waals surface area contributed by atoms with Crippen LogP contribution in [0.4, 0.5) is 0 Å². The van der Waals surface area contributed by atoms with E-state index in [9.17, 15) is 4.79 Å². The van der Waals surface area contributed by atoms with Gasteiger partial charge in [-0.15, -0.1) is 0 Å². The standard InChI is InChI=1S/C16H24N2O/c1-11-5-6-12(2)14(9-11)13-7-8-17-15(10-13)16(19)18(3)4/h5-6,9,13,15,17H,7-8,10H2,1-4H3. The van der Waals surface area contributed by atoms with Crippen molar-refractivity contribution in [2.24, 2.45) is 0 Å². The number of carbonyl (C=O) groups excluding carboxylic acids is 1. The third-order valence-corrected chi connectivity index (χ3v) is 4.02. The molecule has 1 aromatic carbocycles. The molecule has 2 rings (SSSR count). The molecule has 104 valence electrons. The van der Waals surface area contributed by atoms with Crippen molar-refractivity contribution in [1.82, 2.24) is 10.2 Å². The highest BCUT2D eigenvalue weighted by molar-refractivity contribution is 5.81. The maximum absolute atomic E-state index is 12.1. The minimum atomic E-state index is -0.0336. The fourth-order valence-electron chi connectivity index (χ4n) is 2.90. The number of hydrogen-bond acceptors (Lipinski definition) is 2. The molecule has 0 spiro atoms. The van der Waals surface area contributed by atoms with E-state index in [-0.39, 0.29) is 11.9 Å². The van der Waals surface area contributed by atoms with Gasteiger partial charge in [0.25, 0.3) is 0 Å². The van der Waals surface area contributed by atoms with E-state index in [0.717, 1.165) is 19.4 Å². The Morgan fingerprint density at radius 1 is 1.32 bits per heavy atom. The molecule has 1 N–H and O–H groups in total. The Morgan fingerprint density at radius 2 is 2.05 bits per heavy atom. The highest BCUT2D eigenvalue weighted by Gasteiger charge is 2.29. The van der Waals surface area contributed by atoms with Crippen molar-refractivity contribution in [3.05, 3.63) is 34.9 Å². The second kappa shape index (κ2) is 5.74. The monoisotopic (exact) mass is 260 g/mol. The zero-order valence-corrected chi connectivity index (χ0v) is 12.4. The van der Waals surface area contributed by atoms with Gasteiger partial charge in [-0.25, -0.2) is 0 Å². The minimum absolute atomic E-state index is 0.0336. The number of hydrogen-bond donors (Lipinski definition) is 1. The fourth-order valence-corrected chi connectivity index (χ4v) is 2.90. The number of nitrogens with zero attached hydrogens (tertiary/aromatic N) is 1. The topological polar surface area (TPSA) is 32.3 Å². The van der Waals surface area contributed by atoms with Crippen LogP contribution < -0.4 is 5.32 Å². The predicted molar refractivity (Wildman–Crippen MR) is 78.4 cm³/mol. The smallest absolute Gasteiger partial charge is 0.239 e. The number of amides is 1. The predicted octanol–water partition coefficient (Wildman–Crippen LogP) is 2.23. The first-order valence-corrected chi connectivity index (χ1v) is 7.00. The van der Waals surface area contributed by atoms with Crippen molar-refractivity contribution in [1.29, 1.82) is 0 Å². The van der Waals surface area contributed by atoms with E-state index in [0.29, 0.717) is 5.92 Å². The number of benzene rings is 1. The maximum atomic E-state index is 12.1. The summed E-state index contributed by atoms with van der Waals surface area (Å²) < 4.78 is 0. The highest BCUT2D eigenvalue weighted by Crippen LogP contribution is 2.31. The number of aryl methyl sites for hydroxylation is 2. The summed E-state index contributed by atoms with van der Waals surface area (Å²) >= 11 is 0. The SMILES string of the molecule is Cc1ccc(C)c(C2CCNC(C(=O)N(C)C)C2)c1. The number of nitrogens with one attached hydrogen (secondary N) is 1. The minimum Gasteiger partial charge on any atom is -0.347 e. The van der Waals surface area contributed by atoms with Crippen molar-refractivity contribution in [3.63, 3.8) is 0 Å². The Morgan fingerprint density at radius 3 is 2.74 bits per heavy atom. The summed E-state index contributed by atoms with van der Waals surface area (Å²) in [6, 6.07) is 6.59. The van der Waals surface area contributed by atoms with E-state index in [2.05, 4.69) is 37.4 Å². The molecule has 1 fully saturated rings. The molecule has 0 saturated carbocycles. The van der Waals surface area contributed by atoms with Gasteiger partial charge in [-0.3, -0.25) is 4.79 Å². The Hall–Kier alpha value is -1.35. The summed E-state index contributed by atoms with van der Waals surface area (Å²) in [4.78, 5) is 13.8. The van der Waals surface area contributed by atoms with Crippen LogP contribution in [0.5, 0.6) is 0 Å². The Balaban J connectivity index is 2.17. The summed E-state index contributed by atoms with van der Waals surface area (Å²) in [5.74, 6) is 0.685. The largest absolute Gasteiger partial charge is 0.347 e. The van der Waals surface area contributed by atoms with Crippen molar-refractivity contribution in [2.45, 2.75) is 38.6 Å². The fraction of sp³-hybridized carbons (Fsp3) is 0.562. The summed E-state index contributed by atoms with van der Waals surface area (Å²) in [5, 5.41) is 3.34. The van der Waals surface area contributed by atoms with Crippen LogP contribution in [0.2, 0.25) is 0 Å². The molecule has 1 aromatic rings. The van der Waals surface area contributed by atoms with Gasteiger partial charge < -0.3 is 10.2 Å². The molecular formula is C16H24N2O. The van der Waals surface area contributed by atoms with Gasteiger partial charge in [0.2, 0.25) is 5.91 Å². The summed E-state index contributed by atoms with van der Waals surface area (Å²) in [7, 11) is 3.65. The van der Waals surface area contributed by atoms with E-state index < -0.39 is 0 Å². The van der Waals surface area contributed by atoms with Crippen LogP contribution in [-0.4, -0.2) is 37.5 Å². The van der Waals surface area contributed by atoms with E-state index in [1.807, 2.05) is 14.1 Å². The Kier molecular flexibility index (Phi) is 4.25. The van der Waals surface area contributed by atoms with Gasteiger partial charge in [-0.1, -0.05) is 23.8 Å². The van der Waals surface area contributed by atoms with Crippen LogP contribution in [0.15, 0.2) is 18.2 Å².